The van der Waals surface area contributed by atoms with Crippen LogP contribution in [0.1, 0.15) is 17.3 Å². The van der Waals surface area contributed by atoms with Crippen LogP contribution < -0.4 is 5.73 Å². The van der Waals surface area contributed by atoms with Crippen LogP contribution >= 0.6 is 0 Å². The van der Waals surface area contributed by atoms with Crippen molar-refractivity contribution in [2.75, 3.05) is 32.4 Å². The molecule has 8 heteroatoms. The first-order chi connectivity index (χ1) is 10.7. The molecule has 23 heavy (non-hydrogen) atoms. The third-order valence-corrected chi connectivity index (χ3v) is 4.89. The zero-order chi connectivity index (χ0) is 17.2. The molecule has 1 aromatic carbocycles. The minimum absolute atomic E-state index is 0.120. The van der Waals surface area contributed by atoms with E-state index in [0.717, 1.165) is 6.26 Å². The summed E-state index contributed by atoms with van der Waals surface area (Å²) in [6.07, 6.45) is 1.11. The van der Waals surface area contributed by atoms with Crippen LogP contribution in [-0.4, -0.2) is 68.5 Å². The van der Waals surface area contributed by atoms with Crippen LogP contribution in [0.4, 0.5) is 0 Å². The molecule has 1 atom stereocenters. The van der Waals surface area contributed by atoms with Crippen LogP contribution in [0, 0.1) is 0 Å². The molecule has 2 amide bonds. The van der Waals surface area contributed by atoms with E-state index in [-0.39, 0.29) is 16.7 Å². The number of hydrogen-bond donors (Lipinski definition) is 1. The largest absolute Gasteiger partial charge is 0.338 e. The number of amides is 2. The highest BCUT2D eigenvalue weighted by atomic mass is 32.2. The van der Waals surface area contributed by atoms with E-state index in [0.29, 0.717) is 31.7 Å². The Morgan fingerprint density at radius 1 is 1.13 bits per heavy atom. The average molecular weight is 339 g/mol. The fourth-order valence-corrected chi connectivity index (χ4v) is 3.13. The Morgan fingerprint density at radius 2 is 1.70 bits per heavy atom. The van der Waals surface area contributed by atoms with Gasteiger partial charge in [-0.25, -0.2) is 8.42 Å². The highest BCUT2D eigenvalue weighted by molar-refractivity contribution is 7.90. The Kier molecular flexibility index (Phi) is 5.06. The normalized spacial score (nSPS) is 17.0. The first-order valence-electron chi connectivity index (χ1n) is 7.34. The molecule has 0 aromatic heterocycles. The summed E-state index contributed by atoms with van der Waals surface area (Å²) < 4.78 is 23.2. The average Bonchev–Trinajstić information content (AvgIpc) is 2.53. The van der Waals surface area contributed by atoms with Gasteiger partial charge in [0.25, 0.3) is 5.91 Å². The maximum absolute atomic E-state index is 12.5. The van der Waals surface area contributed by atoms with Gasteiger partial charge in [-0.15, -0.1) is 0 Å². The number of carbonyl (C=O) groups excluding carboxylic acids is 2. The van der Waals surface area contributed by atoms with Crippen molar-refractivity contribution < 1.29 is 18.0 Å². The standard InChI is InChI=1S/C15H21N3O4S/c1-11(16)14(19)17-6-8-18(9-7-17)15(20)12-4-3-5-13(10-12)23(2,21)22/h3-5,10-11H,6-9,16H2,1-2H3/t11-/m1/s1. The van der Waals surface area contributed by atoms with Gasteiger partial charge in [0.15, 0.2) is 9.84 Å². The molecule has 2 rings (SSSR count). The second kappa shape index (κ2) is 6.67. The van der Waals surface area contributed by atoms with Crippen molar-refractivity contribution in [3.63, 3.8) is 0 Å². The molecule has 1 aromatic rings. The first-order valence-corrected chi connectivity index (χ1v) is 9.23. The van der Waals surface area contributed by atoms with E-state index >= 15 is 0 Å². The molecule has 0 saturated carbocycles. The zero-order valence-electron chi connectivity index (χ0n) is 13.2. The van der Waals surface area contributed by atoms with E-state index < -0.39 is 15.9 Å². The maximum atomic E-state index is 12.5. The van der Waals surface area contributed by atoms with E-state index in [2.05, 4.69) is 0 Å². The Hall–Kier alpha value is -1.93. The molecule has 1 saturated heterocycles. The second-order valence-corrected chi connectivity index (χ2v) is 7.72. The number of nitrogens with zero attached hydrogens (tertiary/aromatic N) is 2. The fourth-order valence-electron chi connectivity index (χ4n) is 2.46. The lowest BCUT2D eigenvalue weighted by Gasteiger charge is -2.35. The minimum atomic E-state index is -3.36. The van der Waals surface area contributed by atoms with Gasteiger partial charge in [0, 0.05) is 38.0 Å². The summed E-state index contributed by atoms with van der Waals surface area (Å²) in [5.41, 5.74) is 5.91. The molecule has 0 bridgehead atoms. The minimum Gasteiger partial charge on any atom is -0.338 e. The number of piperazine rings is 1. The van der Waals surface area contributed by atoms with Crippen molar-refractivity contribution in [3.8, 4) is 0 Å². The van der Waals surface area contributed by atoms with Gasteiger partial charge >= 0.3 is 0 Å². The van der Waals surface area contributed by atoms with Crippen molar-refractivity contribution in [2.24, 2.45) is 5.73 Å². The molecule has 7 nitrogen and oxygen atoms in total. The summed E-state index contributed by atoms with van der Waals surface area (Å²) in [6, 6.07) is 5.45. The maximum Gasteiger partial charge on any atom is 0.254 e. The zero-order valence-corrected chi connectivity index (χ0v) is 14.0. The van der Waals surface area contributed by atoms with Crippen molar-refractivity contribution in [2.45, 2.75) is 17.9 Å². The summed E-state index contributed by atoms with van der Waals surface area (Å²) in [6.45, 7) is 3.30. The Labute approximate surface area is 136 Å². The number of nitrogens with two attached hydrogens (primary N) is 1. The van der Waals surface area contributed by atoms with Gasteiger partial charge in [-0.2, -0.15) is 0 Å². The third-order valence-electron chi connectivity index (χ3n) is 3.78. The Balaban J connectivity index is 2.07. The van der Waals surface area contributed by atoms with Crippen LogP contribution in [0.2, 0.25) is 0 Å². The molecule has 1 aliphatic rings. The van der Waals surface area contributed by atoms with Crippen LogP contribution in [0.3, 0.4) is 0 Å². The predicted octanol–water partition coefficient (Wildman–Crippen LogP) is -0.278. The van der Waals surface area contributed by atoms with E-state index in [1.54, 1.807) is 28.9 Å². The quantitative estimate of drug-likeness (QED) is 0.816. The summed E-state index contributed by atoms with van der Waals surface area (Å²) in [5.74, 6) is -0.362. The van der Waals surface area contributed by atoms with Gasteiger partial charge in [0.05, 0.1) is 10.9 Å². The molecule has 1 fully saturated rings. The number of carbonyl (C=O) groups is 2. The second-order valence-electron chi connectivity index (χ2n) is 5.71. The van der Waals surface area contributed by atoms with Crippen molar-refractivity contribution >= 4 is 21.7 Å². The summed E-state index contributed by atoms with van der Waals surface area (Å²) in [7, 11) is -3.36. The molecule has 0 aliphatic carbocycles. The van der Waals surface area contributed by atoms with Gasteiger partial charge in [-0.05, 0) is 25.1 Å². The lowest BCUT2D eigenvalue weighted by molar-refractivity contribution is -0.133. The molecule has 2 N–H and O–H groups in total. The fraction of sp³-hybridized carbons (Fsp3) is 0.467. The number of hydrogen-bond acceptors (Lipinski definition) is 5. The third kappa shape index (κ3) is 4.08. The highest BCUT2D eigenvalue weighted by Crippen LogP contribution is 2.14. The molecular formula is C15H21N3O4S. The Bertz CT molecular complexity index is 707. The van der Waals surface area contributed by atoms with Crippen LogP contribution in [0.5, 0.6) is 0 Å². The summed E-state index contributed by atoms with van der Waals surface area (Å²) in [5, 5.41) is 0. The van der Waals surface area contributed by atoms with Gasteiger partial charge < -0.3 is 15.5 Å². The molecule has 126 valence electrons. The molecule has 0 radical (unpaired) electrons. The number of benzene rings is 1. The molecule has 0 unspecified atom stereocenters. The van der Waals surface area contributed by atoms with Crippen LogP contribution in [0.25, 0.3) is 0 Å². The van der Waals surface area contributed by atoms with E-state index in [1.165, 1.54) is 12.1 Å². The summed E-state index contributed by atoms with van der Waals surface area (Å²) in [4.78, 5) is 27.7. The number of rotatable bonds is 3. The van der Waals surface area contributed by atoms with Crippen molar-refractivity contribution in [3.05, 3.63) is 29.8 Å². The van der Waals surface area contributed by atoms with Gasteiger partial charge in [0.1, 0.15) is 0 Å². The lowest BCUT2D eigenvalue weighted by atomic mass is 10.1. The van der Waals surface area contributed by atoms with Crippen LogP contribution in [-0.2, 0) is 14.6 Å². The van der Waals surface area contributed by atoms with Gasteiger partial charge in [0.2, 0.25) is 5.91 Å². The SMILES string of the molecule is C[C@@H](N)C(=O)N1CCN(C(=O)c2cccc(S(C)(=O)=O)c2)CC1. The van der Waals surface area contributed by atoms with E-state index in [9.17, 15) is 18.0 Å². The van der Waals surface area contributed by atoms with E-state index in [1.807, 2.05) is 0 Å². The summed E-state index contributed by atoms with van der Waals surface area (Å²) >= 11 is 0. The molecular weight excluding hydrogens is 318 g/mol. The topological polar surface area (TPSA) is 101 Å². The monoisotopic (exact) mass is 339 g/mol. The first kappa shape index (κ1) is 17.4. The van der Waals surface area contributed by atoms with Crippen LogP contribution in [0.15, 0.2) is 29.2 Å². The molecule has 0 spiro atoms. The Morgan fingerprint density at radius 3 is 2.22 bits per heavy atom. The highest BCUT2D eigenvalue weighted by Gasteiger charge is 2.26. The van der Waals surface area contributed by atoms with Crippen molar-refractivity contribution in [1.82, 2.24) is 9.80 Å². The smallest absolute Gasteiger partial charge is 0.254 e. The van der Waals surface area contributed by atoms with Crippen molar-refractivity contribution in [1.29, 1.82) is 0 Å². The van der Waals surface area contributed by atoms with E-state index in [4.69, 9.17) is 5.73 Å². The van der Waals surface area contributed by atoms with Gasteiger partial charge in [-0.1, -0.05) is 6.07 Å². The number of sulfone groups is 1. The molecule has 1 aliphatic heterocycles. The molecule has 1 heterocycles. The van der Waals surface area contributed by atoms with Gasteiger partial charge in [-0.3, -0.25) is 9.59 Å². The predicted molar refractivity (Wildman–Crippen MR) is 85.7 cm³/mol. The lowest BCUT2D eigenvalue weighted by Crippen LogP contribution is -2.53.